The Morgan fingerprint density at radius 3 is 3.05 bits per heavy atom. The van der Waals surface area contributed by atoms with E-state index in [9.17, 15) is 9.59 Å². The van der Waals surface area contributed by atoms with E-state index in [1.165, 1.54) is 0 Å². The number of furan rings is 1. The Labute approximate surface area is 124 Å². The van der Waals surface area contributed by atoms with E-state index < -0.39 is 0 Å². The minimum absolute atomic E-state index is 0.000155. The average molecular weight is 293 g/mol. The molecule has 1 fully saturated rings. The molecular weight excluding hydrogens is 270 g/mol. The van der Waals surface area contributed by atoms with Crippen molar-refractivity contribution in [3.8, 4) is 0 Å². The molecule has 0 saturated carbocycles. The van der Waals surface area contributed by atoms with Gasteiger partial charge in [-0.25, -0.2) is 4.79 Å². The molecule has 3 N–H and O–H groups in total. The van der Waals surface area contributed by atoms with Crippen LogP contribution in [0.15, 0.2) is 22.8 Å². The molecule has 0 aliphatic carbocycles. The molecule has 2 atom stereocenters. The largest absolute Gasteiger partial charge is 0.469 e. The highest BCUT2D eigenvalue weighted by atomic mass is 16.3. The number of nitrogens with zero attached hydrogens (tertiary/aromatic N) is 1. The topological polar surface area (TPSA) is 88.6 Å². The van der Waals surface area contributed by atoms with Crippen LogP contribution in [0.4, 0.5) is 4.79 Å². The molecular formula is C15H23N3O3. The van der Waals surface area contributed by atoms with E-state index in [1.807, 2.05) is 19.1 Å². The molecule has 0 aromatic carbocycles. The van der Waals surface area contributed by atoms with Crippen LogP contribution in [0, 0.1) is 5.92 Å². The zero-order valence-corrected chi connectivity index (χ0v) is 12.4. The number of carbonyl (C=O) groups is 2. The number of rotatable bonds is 5. The lowest BCUT2D eigenvalue weighted by Crippen LogP contribution is -2.48. The second-order valence-electron chi connectivity index (χ2n) is 5.76. The summed E-state index contributed by atoms with van der Waals surface area (Å²) in [5, 5.41) is 2.97. The van der Waals surface area contributed by atoms with Crippen LogP contribution in [0.3, 0.4) is 0 Å². The van der Waals surface area contributed by atoms with Crippen molar-refractivity contribution in [3.05, 3.63) is 24.2 Å². The summed E-state index contributed by atoms with van der Waals surface area (Å²) < 4.78 is 5.28. The summed E-state index contributed by atoms with van der Waals surface area (Å²) in [6.45, 7) is 3.28. The molecule has 1 aliphatic heterocycles. The van der Waals surface area contributed by atoms with Crippen LogP contribution in [-0.2, 0) is 11.2 Å². The molecule has 0 radical (unpaired) electrons. The Balaban J connectivity index is 1.80. The molecule has 2 heterocycles. The van der Waals surface area contributed by atoms with Gasteiger partial charge in [0.15, 0.2) is 0 Å². The summed E-state index contributed by atoms with van der Waals surface area (Å²) >= 11 is 0. The number of carbonyl (C=O) groups excluding carboxylic acids is 2. The van der Waals surface area contributed by atoms with E-state index in [-0.39, 0.29) is 23.9 Å². The minimum atomic E-state index is -0.298. The van der Waals surface area contributed by atoms with Gasteiger partial charge in [0.2, 0.25) is 5.91 Å². The van der Waals surface area contributed by atoms with Gasteiger partial charge in [0.1, 0.15) is 5.76 Å². The van der Waals surface area contributed by atoms with Gasteiger partial charge in [0.25, 0.3) is 0 Å². The van der Waals surface area contributed by atoms with Crippen molar-refractivity contribution < 1.29 is 14.0 Å². The van der Waals surface area contributed by atoms with Gasteiger partial charge in [0, 0.05) is 32.0 Å². The predicted molar refractivity (Wildman–Crippen MR) is 78.5 cm³/mol. The van der Waals surface area contributed by atoms with Crippen molar-refractivity contribution in [3.63, 3.8) is 0 Å². The minimum Gasteiger partial charge on any atom is -0.469 e. The summed E-state index contributed by atoms with van der Waals surface area (Å²) in [4.78, 5) is 25.0. The van der Waals surface area contributed by atoms with Gasteiger partial charge in [-0.2, -0.15) is 0 Å². The van der Waals surface area contributed by atoms with E-state index in [1.54, 1.807) is 11.2 Å². The first kappa shape index (κ1) is 15.4. The molecule has 1 saturated heterocycles. The molecule has 21 heavy (non-hydrogen) atoms. The van der Waals surface area contributed by atoms with Crippen LogP contribution in [0.5, 0.6) is 0 Å². The van der Waals surface area contributed by atoms with Gasteiger partial charge >= 0.3 is 6.03 Å². The molecule has 6 heteroatoms. The molecule has 3 amide bonds. The van der Waals surface area contributed by atoms with Gasteiger partial charge in [-0.1, -0.05) is 0 Å². The van der Waals surface area contributed by atoms with Crippen LogP contribution in [0.25, 0.3) is 0 Å². The summed E-state index contributed by atoms with van der Waals surface area (Å²) in [7, 11) is 0. The Bertz CT molecular complexity index is 473. The number of nitrogens with one attached hydrogen (secondary N) is 1. The number of urea groups is 1. The van der Waals surface area contributed by atoms with Crippen LogP contribution >= 0.6 is 0 Å². The first-order valence-corrected chi connectivity index (χ1v) is 7.40. The third kappa shape index (κ3) is 4.81. The van der Waals surface area contributed by atoms with E-state index in [0.29, 0.717) is 19.4 Å². The SMILES string of the molecule is C[C@@H](Cc1ccco1)NC(=O)N1CCC[C@H](CC(N)=O)C1. The Kier molecular flexibility index (Phi) is 5.25. The summed E-state index contributed by atoms with van der Waals surface area (Å²) in [5.74, 6) is 0.740. The fourth-order valence-corrected chi connectivity index (χ4v) is 2.78. The summed E-state index contributed by atoms with van der Waals surface area (Å²) in [5.41, 5.74) is 5.23. The van der Waals surface area contributed by atoms with Crippen LogP contribution in [0.2, 0.25) is 0 Å². The number of primary amides is 1. The van der Waals surface area contributed by atoms with Crippen molar-refractivity contribution in [2.75, 3.05) is 13.1 Å². The fraction of sp³-hybridized carbons (Fsp3) is 0.600. The smallest absolute Gasteiger partial charge is 0.317 e. The van der Waals surface area contributed by atoms with Crippen LogP contribution < -0.4 is 11.1 Å². The maximum Gasteiger partial charge on any atom is 0.317 e. The quantitative estimate of drug-likeness (QED) is 0.862. The Morgan fingerprint density at radius 1 is 1.57 bits per heavy atom. The van der Waals surface area contributed by atoms with Crippen molar-refractivity contribution in [1.29, 1.82) is 0 Å². The molecule has 0 spiro atoms. The lowest BCUT2D eigenvalue weighted by Gasteiger charge is -2.33. The average Bonchev–Trinajstić information content (AvgIpc) is 2.90. The van der Waals surface area contributed by atoms with Gasteiger partial charge < -0.3 is 20.4 Å². The molecule has 2 rings (SSSR count). The monoisotopic (exact) mass is 293 g/mol. The van der Waals surface area contributed by atoms with Gasteiger partial charge in [-0.05, 0) is 37.8 Å². The van der Waals surface area contributed by atoms with Crippen molar-refractivity contribution in [1.82, 2.24) is 10.2 Å². The number of hydrogen-bond acceptors (Lipinski definition) is 3. The highest BCUT2D eigenvalue weighted by Gasteiger charge is 2.25. The molecule has 1 aromatic heterocycles. The number of amides is 3. The zero-order chi connectivity index (χ0) is 15.2. The van der Waals surface area contributed by atoms with E-state index in [4.69, 9.17) is 10.2 Å². The highest BCUT2D eigenvalue weighted by Crippen LogP contribution is 2.19. The second kappa shape index (κ2) is 7.15. The van der Waals surface area contributed by atoms with Gasteiger partial charge in [-0.15, -0.1) is 0 Å². The Morgan fingerprint density at radius 2 is 2.38 bits per heavy atom. The maximum absolute atomic E-state index is 12.2. The standard InChI is InChI=1S/C15H23N3O3/c1-11(8-13-5-3-7-21-13)17-15(20)18-6-2-4-12(10-18)9-14(16)19/h3,5,7,11-12H,2,4,6,8-10H2,1H3,(H2,16,19)(H,17,20)/t11-,12+/m0/s1. The predicted octanol–water partition coefficient (Wildman–Crippen LogP) is 1.51. The third-order valence-corrected chi connectivity index (χ3v) is 3.75. The number of likely N-dealkylation sites (tertiary alicyclic amines) is 1. The highest BCUT2D eigenvalue weighted by molar-refractivity contribution is 5.75. The molecule has 0 bridgehead atoms. The molecule has 1 aromatic rings. The van der Waals surface area contributed by atoms with Crippen molar-refractivity contribution in [2.24, 2.45) is 11.7 Å². The van der Waals surface area contributed by atoms with E-state index in [0.717, 1.165) is 25.1 Å². The number of piperidine rings is 1. The molecule has 0 unspecified atom stereocenters. The van der Waals surface area contributed by atoms with E-state index in [2.05, 4.69) is 5.32 Å². The molecule has 6 nitrogen and oxygen atoms in total. The van der Waals surface area contributed by atoms with E-state index >= 15 is 0 Å². The number of hydrogen-bond donors (Lipinski definition) is 2. The second-order valence-corrected chi connectivity index (χ2v) is 5.76. The molecule has 116 valence electrons. The fourth-order valence-electron chi connectivity index (χ4n) is 2.78. The van der Waals surface area contributed by atoms with Crippen LogP contribution in [-0.4, -0.2) is 36.0 Å². The van der Waals surface area contributed by atoms with Gasteiger partial charge in [-0.3, -0.25) is 4.79 Å². The maximum atomic E-state index is 12.2. The summed E-state index contributed by atoms with van der Waals surface area (Å²) in [6, 6.07) is 3.65. The van der Waals surface area contributed by atoms with Crippen LogP contribution in [0.1, 0.15) is 31.9 Å². The lowest BCUT2D eigenvalue weighted by atomic mass is 9.95. The van der Waals surface area contributed by atoms with Crippen molar-refractivity contribution in [2.45, 2.75) is 38.6 Å². The van der Waals surface area contributed by atoms with Gasteiger partial charge in [0.05, 0.1) is 6.26 Å². The zero-order valence-electron chi connectivity index (χ0n) is 12.4. The first-order chi connectivity index (χ1) is 10.0. The lowest BCUT2D eigenvalue weighted by molar-refractivity contribution is -0.119. The van der Waals surface area contributed by atoms with Crippen molar-refractivity contribution >= 4 is 11.9 Å². The number of nitrogens with two attached hydrogens (primary N) is 1. The third-order valence-electron chi connectivity index (χ3n) is 3.75. The normalized spacial score (nSPS) is 20.0. The Hall–Kier alpha value is -1.98. The first-order valence-electron chi connectivity index (χ1n) is 7.40. The summed E-state index contributed by atoms with van der Waals surface area (Å²) in [6.07, 6.45) is 4.51. The molecule has 1 aliphatic rings.